The highest BCUT2D eigenvalue weighted by Crippen LogP contribution is 2.41. The zero-order chi connectivity index (χ0) is 20.3. The van der Waals surface area contributed by atoms with E-state index in [4.69, 9.17) is 0 Å². The Bertz CT molecular complexity index is 833. The van der Waals surface area contributed by atoms with Gasteiger partial charge in [0.25, 0.3) is 0 Å². The van der Waals surface area contributed by atoms with Crippen LogP contribution in [0.3, 0.4) is 0 Å². The summed E-state index contributed by atoms with van der Waals surface area (Å²) in [5, 5.41) is 0.576. The predicted octanol–water partition coefficient (Wildman–Crippen LogP) is 3.32. The SMILES string of the molecule is CCCCC(=O)N=C1S[C@H]2CS(=O)(=O)C[C@H]2N1c1ccc(N(CC)CC)cc1. The van der Waals surface area contributed by atoms with Gasteiger partial charge in [0, 0.05) is 36.1 Å². The molecule has 0 spiro atoms. The summed E-state index contributed by atoms with van der Waals surface area (Å²) in [6, 6.07) is 7.97. The molecule has 1 amide bonds. The average molecular weight is 424 g/mol. The molecule has 28 heavy (non-hydrogen) atoms. The third-order valence-corrected chi connectivity index (χ3v) is 8.50. The number of hydrogen-bond acceptors (Lipinski definition) is 5. The molecule has 6 nitrogen and oxygen atoms in total. The smallest absolute Gasteiger partial charge is 0.248 e. The minimum Gasteiger partial charge on any atom is -0.372 e. The summed E-state index contributed by atoms with van der Waals surface area (Å²) in [7, 11) is -3.05. The molecule has 2 atom stereocenters. The lowest BCUT2D eigenvalue weighted by Crippen LogP contribution is -2.37. The molecule has 154 valence electrons. The highest BCUT2D eigenvalue weighted by atomic mass is 32.2. The number of carbonyl (C=O) groups is 1. The van der Waals surface area contributed by atoms with Gasteiger partial charge in [0.1, 0.15) is 0 Å². The van der Waals surface area contributed by atoms with Crippen molar-refractivity contribution < 1.29 is 13.2 Å². The maximum atomic E-state index is 12.3. The molecule has 0 radical (unpaired) electrons. The summed E-state index contributed by atoms with van der Waals surface area (Å²) in [6.07, 6.45) is 2.20. The Balaban J connectivity index is 1.90. The number of hydrogen-bond donors (Lipinski definition) is 0. The fourth-order valence-corrected chi connectivity index (χ4v) is 7.70. The Morgan fingerprint density at radius 3 is 2.46 bits per heavy atom. The van der Waals surface area contributed by atoms with Crippen LogP contribution < -0.4 is 9.80 Å². The zero-order valence-electron chi connectivity index (χ0n) is 16.8. The first-order valence-corrected chi connectivity index (χ1v) is 12.7. The van der Waals surface area contributed by atoms with Gasteiger partial charge >= 0.3 is 0 Å². The van der Waals surface area contributed by atoms with Crippen molar-refractivity contribution in [2.45, 2.75) is 51.3 Å². The van der Waals surface area contributed by atoms with Crippen LogP contribution in [-0.2, 0) is 14.6 Å². The van der Waals surface area contributed by atoms with E-state index in [1.807, 2.05) is 24.0 Å². The first-order chi connectivity index (χ1) is 13.4. The third-order valence-electron chi connectivity index (χ3n) is 5.29. The van der Waals surface area contributed by atoms with Crippen LogP contribution in [0.4, 0.5) is 11.4 Å². The molecule has 2 saturated heterocycles. The van der Waals surface area contributed by atoms with Crippen LogP contribution in [0.5, 0.6) is 0 Å². The van der Waals surface area contributed by atoms with Gasteiger partial charge in [-0.1, -0.05) is 25.1 Å². The zero-order valence-corrected chi connectivity index (χ0v) is 18.4. The van der Waals surface area contributed by atoms with E-state index < -0.39 is 9.84 Å². The first-order valence-electron chi connectivity index (χ1n) is 10.0. The summed E-state index contributed by atoms with van der Waals surface area (Å²) >= 11 is 1.43. The number of unbranched alkanes of at least 4 members (excludes halogenated alkanes) is 1. The highest BCUT2D eigenvalue weighted by Gasteiger charge is 2.49. The van der Waals surface area contributed by atoms with E-state index in [2.05, 4.69) is 35.9 Å². The number of aliphatic imine (C=N–C) groups is 1. The molecule has 0 aromatic heterocycles. The van der Waals surface area contributed by atoms with Crippen LogP contribution in [0.15, 0.2) is 29.3 Å². The van der Waals surface area contributed by atoms with Crippen LogP contribution >= 0.6 is 11.8 Å². The Morgan fingerprint density at radius 2 is 1.86 bits per heavy atom. The topological polar surface area (TPSA) is 70.0 Å². The predicted molar refractivity (Wildman–Crippen MR) is 118 cm³/mol. The molecule has 0 N–H and O–H groups in total. The second-order valence-electron chi connectivity index (χ2n) is 7.25. The first kappa shape index (κ1) is 21.2. The molecule has 2 aliphatic heterocycles. The lowest BCUT2D eigenvalue weighted by Gasteiger charge is -2.26. The lowest BCUT2D eigenvalue weighted by atomic mass is 10.2. The van der Waals surface area contributed by atoms with Crippen molar-refractivity contribution in [1.82, 2.24) is 0 Å². The van der Waals surface area contributed by atoms with Crippen molar-refractivity contribution in [2.24, 2.45) is 4.99 Å². The summed E-state index contributed by atoms with van der Waals surface area (Å²) in [5.74, 6) is 0.139. The van der Waals surface area contributed by atoms with E-state index in [1.54, 1.807) is 0 Å². The fourth-order valence-electron chi connectivity index (χ4n) is 3.77. The molecule has 2 fully saturated rings. The van der Waals surface area contributed by atoms with Gasteiger partial charge in [-0.25, -0.2) is 8.42 Å². The van der Waals surface area contributed by atoms with Gasteiger partial charge in [0.05, 0.1) is 17.5 Å². The molecule has 0 bridgehead atoms. The number of nitrogens with zero attached hydrogens (tertiary/aromatic N) is 3. The van der Waals surface area contributed by atoms with Gasteiger partial charge in [0.15, 0.2) is 15.0 Å². The van der Waals surface area contributed by atoms with E-state index in [1.165, 1.54) is 11.8 Å². The fraction of sp³-hybridized carbons (Fsp3) is 0.600. The molecule has 0 saturated carbocycles. The Hall–Kier alpha value is -1.54. The van der Waals surface area contributed by atoms with Gasteiger partial charge < -0.3 is 9.80 Å². The third kappa shape index (κ3) is 4.54. The van der Waals surface area contributed by atoms with Crippen molar-refractivity contribution >= 4 is 44.0 Å². The number of sulfone groups is 1. The van der Waals surface area contributed by atoms with E-state index in [0.717, 1.165) is 37.3 Å². The standard InChI is InChI=1S/C20H29N3O3S2/c1-4-7-8-19(24)21-20-23(17-13-28(25,26)14-18(17)27-20)16-11-9-15(10-12-16)22(5-2)6-3/h9-12,17-18H,4-8,13-14H2,1-3H3/t17-,18+/m1/s1. The Labute approximate surface area is 172 Å². The molecule has 0 unspecified atom stereocenters. The molecule has 2 heterocycles. The van der Waals surface area contributed by atoms with Crippen molar-refractivity contribution in [2.75, 3.05) is 34.4 Å². The number of amidine groups is 1. The summed E-state index contributed by atoms with van der Waals surface area (Å²) in [4.78, 5) is 20.8. The number of amides is 1. The van der Waals surface area contributed by atoms with E-state index in [0.29, 0.717) is 11.6 Å². The minimum absolute atomic E-state index is 0.0646. The molecular formula is C20H29N3O3S2. The van der Waals surface area contributed by atoms with Crippen LogP contribution in [0.1, 0.15) is 40.0 Å². The van der Waals surface area contributed by atoms with Crippen LogP contribution in [-0.4, -0.2) is 55.4 Å². The number of carbonyl (C=O) groups excluding carboxylic acids is 1. The number of anilines is 2. The summed E-state index contributed by atoms with van der Waals surface area (Å²) < 4.78 is 24.3. The second kappa shape index (κ2) is 8.86. The van der Waals surface area contributed by atoms with E-state index in [9.17, 15) is 13.2 Å². The second-order valence-corrected chi connectivity index (χ2v) is 10.6. The largest absolute Gasteiger partial charge is 0.372 e. The monoisotopic (exact) mass is 423 g/mol. The average Bonchev–Trinajstić information content (AvgIpc) is 3.12. The maximum Gasteiger partial charge on any atom is 0.248 e. The number of thioether (sulfide) groups is 1. The van der Waals surface area contributed by atoms with Crippen LogP contribution in [0, 0.1) is 0 Å². The van der Waals surface area contributed by atoms with Gasteiger partial charge in [-0.05, 0) is 44.5 Å². The molecule has 1 aromatic rings. The van der Waals surface area contributed by atoms with Crippen LogP contribution in [0.2, 0.25) is 0 Å². The normalized spacial score (nSPS) is 24.5. The Morgan fingerprint density at radius 1 is 1.18 bits per heavy atom. The van der Waals surface area contributed by atoms with Gasteiger partial charge in [-0.15, -0.1) is 0 Å². The molecule has 0 aliphatic carbocycles. The molecular weight excluding hydrogens is 394 g/mol. The van der Waals surface area contributed by atoms with Gasteiger partial charge in [0.2, 0.25) is 5.91 Å². The highest BCUT2D eigenvalue weighted by molar-refractivity contribution is 8.16. The number of benzene rings is 1. The van der Waals surface area contributed by atoms with Gasteiger partial charge in [-0.2, -0.15) is 4.99 Å². The van der Waals surface area contributed by atoms with Crippen molar-refractivity contribution in [3.63, 3.8) is 0 Å². The quantitative estimate of drug-likeness (QED) is 0.670. The van der Waals surface area contributed by atoms with Crippen molar-refractivity contribution in [3.05, 3.63) is 24.3 Å². The maximum absolute atomic E-state index is 12.3. The van der Waals surface area contributed by atoms with E-state index in [-0.39, 0.29) is 28.7 Å². The summed E-state index contributed by atoms with van der Waals surface area (Å²) in [6.45, 7) is 8.14. The minimum atomic E-state index is -3.05. The van der Waals surface area contributed by atoms with Crippen LogP contribution in [0.25, 0.3) is 0 Å². The molecule has 2 aliphatic rings. The molecule has 1 aromatic carbocycles. The van der Waals surface area contributed by atoms with Crippen molar-refractivity contribution in [1.29, 1.82) is 0 Å². The van der Waals surface area contributed by atoms with E-state index >= 15 is 0 Å². The summed E-state index contributed by atoms with van der Waals surface area (Å²) in [5.41, 5.74) is 2.03. The number of fused-ring (bicyclic) bond motifs is 1. The number of rotatable bonds is 7. The van der Waals surface area contributed by atoms with Crippen molar-refractivity contribution in [3.8, 4) is 0 Å². The van der Waals surface area contributed by atoms with Gasteiger partial charge in [-0.3, -0.25) is 4.79 Å². The molecule has 3 rings (SSSR count). The lowest BCUT2D eigenvalue weighted by molar-refractivity contribution is -0.117. The Kier molecular flexibility index (Phi) is 6.70. The molecule has 8 heteroatoms.